The van der Waals surface area contributed by atoms with Gasteiger partial charge in [0.25, 0.3) is 0 Å². The van der Waals surface area contributed by atoms with E-state index in [1.165, 1.54) is 13.4 Å². The van der Waals surface area contributed by atoms with Crippen molar-refractivity contribution in [2.75, 3.05) is 7.11 Å². The minimum absolute atomic E-state index is 0.0320. The van der Waals surface area contributed by atoms with Crippen LogP contribution < -0.4 is 4.74 Å². The Labute approximate surface area is 142 Å². The van der Waals surface area contributed by atoms with Gasteiger partial charge in [0, 0.05) is 16.7 Å². The predicted molar refractivity (Wildman–Crippen MR) is 89.2 cm³/mol. The minimum Gasteiger partial charge on any atom is -0.497 e. The summed E-state index contributed by atoms with van der Waals surface area (Å²) in [5, 5.41) is 0. The Balaban J connectivity index is 1.84. The Hall–Kier alpha value is -3.47. The number of fused-ring (bicyclic) bond motifs is 3. The number of carbonyl (C=O) groups is 3. The number of rotatable bonds is 3. The van der Waals surface area contributed by atoms with E-state index in [9.17, 15) is 14.4 Å². The van der Waals surface area contributed by atoms with E-state index in [2.05, 4.69) is 0 Å². The molecule has 0 spiro atoms. The van der Waals surface area contributed by atoms with Crippen LogP contribution in [-0.2, 0) is 0 Å². The Bertz CT molecular complexity index is 1020. The second-order valence-corrected chi connectivity index (χ2v) is 5.61. The Kier molecular flexibility index (Phi) is 3.35. The molecule has 0 saturated carbocycles. The number of benzene rings is 2. The van der Waals surface area contributed by atoms with Crippen LogP contribution in [0, 0.1) is 0 Å². The van der Waals surface area contributed by atoms with Gasteiger partial charge in [0.1, 0.15) is 17.8 Å². The van der Waals surface area contributed by atoms with Gasteiger partial charge in [-0.2, -0.15) is 0 Å². The van der Waals surface area contributed by atoms with Crippen LogP contribution in [0.2, 0.25) is 0 Å². The summed E-state index contributed by atoms with van der Waals surface area (Å²) in [4.78, 5) is 37.6. The molecule has 4 rings (SSSR count). The van der Waals surface area contributed by atoms with Crippen LogP contribution in [0.4, 0.5) is 0 Å². The highest BCUT2D eigenvalue weighted by Crippen LogP contribution is 2.37. The molecule has 0 atom stereocenters. The number of methoxy groups -OCH3 is 1. The van der Waals surface area contributed by atoms with Crippen molar-refractivity contribution in [3.63, 3.8) is 0 Å². The number of furan rings is 1. The van der Waals surface area contributed by atoms with Gasteiger partial charge in [-0.05, 0) is 24.3 Å². The standard InChI is InChI=1S/C20H12O5/c1-24-12-8-6-11(7-9-12)17(21)15-10-25-20-14-5-3-2-4-13(14)18(22)19(23)16(15)20/h2-10H,1H3. The lowest BCUT2D eigenvalue weighted by atomic mass is 9.85. The fraction of sp³-hybridized carbons (Fsp3) is 0.0500. The number of carbonyl (C=O) groups excluding carboxylic acids is 3. The highest BCUT2D eigenvalue weighted by molar-refractivity contribution is 6.53. The second kappa shape index (κ2) is 5.56. The van der Waals surface area contributed by atoms with Crippen molar-refractivity contribution in [3.05, 3.63) is 77.0 Å². The molecule has 122 valence electrons. The van der Waals surface area contributed by atoms with Crippen LogP contribution in [0.1, 0.15) is 36.6 Å². The molecule has 1 aliphatic rings. The molecule has 5 heteroatoms. The summed E-state index contributed by atoms with van der Waals surface area (Å²) in [6.45, 7) is 0. The molecular weight excluding hydrogens is 320 g/mol. The maximum atomic E-state index is 12.8. The normalized spacial score (nSPS) is 12.5. The van der Waals surface area contributed by atoms with Crippen LogP contribution in [-0.4, -0.2) is 24.5 Å². The molecule has 1 aromatic heterocycles. The molecule has 25 heavy (non-hydrogen) atoms. The van der Waals surface area contributed by atoms with Gasteiger partial charge in [-0.1, -0.05) is 24.3 Å². The summed E-state index contributed by atoms with van der Waals surface area (Å²) in [5.41, 5.74) is 1.31. The first-order chi connectivity index (χ1) is 12.1. The second-order valence-electron chi connectivity index (χ2n) is 5.61. The van der Waals surface area contributed by atoms with E-state index < -0.39 is 11.6 Å². The van der Waals surface area contributed by atoms with Crippen LogP contribution in [0.15, 0.2) is 59.2 Å². The smallest absolute Gasteiger partial charge is 0.238 e. The van der Waals surface area contributed by atoms with Gasteiger partial charge >= 0.3 is 0 Å². The zero-order valence-corrected chi connectivity index (χ0v) is 13.2. The molecule has 0 aliphatic heterocycles. The zero-order valence-electron chi connectivity index (χ0n) is 13.2. The lowest BCUT2D eigenvalue weighted by Crippen LogP contribution is -2.22. The molecule has 0 saturated heterocycles. The predicted octanol–water partition coefficient (Wildman–Crippen LogP) is 3.57. The van der Waals surface area contributed by atoms with Gasteiger partial charge in [0.15, 0.2) is 5.78 Å². The molecule has 0 fully saturated rings. The van der Waals surface area contributed by atoms with Crippen LogP contribution in [0.3, 0.4) is 0 Å². The average Bonchev–Trinajstić information content (AvgIpc) is 3.11. The first-order valence-corrected chi connectivity index (χ1v) is 7.60. The van der Waals surface area contributed by atoms with Crippen molar-refractivity contribution < 1.29 is 23.5 Å². The summed E-state index contributed by atoms with van der Waals surface area (Å²) >= 11 is 0. The van der Waals surface area contributed by atoms with Crippen LogP contribution >= 0.6 is 0 Å². The summed E-state index contributed by atoms with van der Waals surface area (Å²) < 4.78 is 10.6. The molecule has 1 aliphatic carbocycles. The molecular formula is C20H12O5. The van der Waals surface area contributed by atoms with Gasteiger partial charge < -0.3 is 9.15 Å². The van der Waals surface area contributed by atoms with E-state index in [0.717, 1.165) is 0 Å². The minimum atomic E-state index is -0.723. The van der Waals surface area contributed by atoms with Gasteiger partial charge in [0.05, 0.1) is 18.2 Å². The number of ether oxygens (including phenoxy) is 1. The Morgan fingerprint density at radius 2 is 1.60 bits per heavy atom. The number of Topliss-reactive ketones (excluding diaryl/α,β-unsaturated/α-hetero) is 2. The molecule has 3 aromatic rings. The summed E-state index contributed by atoms with van der Waals surface area (Å²) in [7, 11) is 1.53. The maximum Gasteiger partial charge on any atom is 0.238 e. The van der Waals surface area contributed by atoms with E-state index in [1.54, 1.807) is 48.5 Å². The van der Waals surface area contributed by atoms with E-state index in [4.69, 9.17) is 9.15 Å². The lowest BCUT2D eigenvalue weighted by Gasteiger charge is -2.13. The number of hydrogen-bond donors (Lipinski definition) is 0. The first kappa shape index (κ1) is 15.1. The topological polar surface area (TPSA) is 73.6 Å². The summed E-state index contributed by atoms with van der Waals surface area (Å²) in [6, 6.07) is 13.2. The molecule has 0 radical (unpaired) electrons. The molecule has 0 N–H and O–H groups in total. The fourth-order valence-corrected chi connectivity index (χ4v) is 2.96. The Morgan fingerprint density at radius 3 is 2.28 bits per heavy atom. The lowest BCUT2D eigenvalue weighted by molar-refractivity contribution is 0.0813. The van der Waals surface area contributed by atoms with Crippen molar-refractivity contribution in [2.45, 2.75) is 0 Å². The molecule has 0 unspecified atom stereocenters. The largest absolute Gasteiger partial charge is 0.497 e. The molecule has 5 nitrogen and oxygen atoms in total. The SMILES string of the molecule is COc1ccc(C(=O)c2coc3c2C(=O)C(=O)c2ccccc2-3)cc1. The van der Waals surface area contributed by atoms with Gasteiger partial charge in [-0.25, -0.2) is 0 Å². The van der Waals surface area contributed by atoms with Crippen molar-refractivity contribution in [2.24, 2.45) is 0 Å². The van der Waals surface area contributed by atoms with Crippen molar-refractivity contribution in [1.29, 1.82) is 0 Å². The molecule has 0 amide bonds. The monoisotopic (exact) mass is 332 g/mol. The average molecular weight is 332 g/mol. The third-order valence-electron chi connectivity index (χ3n) is 4.24. The summed E-state index contributed by atoms with van der Waals surface area (Å²) in [5.74, 6) is -0.858. The highest BCUT2D eigenvalue weighted by atomic mass is 16.5. The van der Waals surface area contributed by atoms with Crippen LogP contribution in [0.5, 0.6) is 5.75 Å². The maximum absolute atomic E-state index is 12.8. The third-order valence-corrected chi connectivity index (χ3v) is 4.24. The van der Waals surface area contributed by atoms with Crippen molar-refractivity contribution in [1.82, 2.24) is 0 Å². The van der Waals surface area contributed by atoms with E-state index in [-0.39, 0.29) is 28.2 Å². The third kappa shape index (κ3) is 2.21. The fourth-order valence-electron chi connectivity index (χ4n) is 2.96. The number of hydrogen-bond acceptors (Lipinski definition) is 5. The van der Waals surface area contributed by atoms with E-state index in [1.807, 2.05) is 0 Å². The van der Waals surface area contributed by atoms with Gasteiger partial charge in [-0.15, -0.1) is 0 Å². The first-order valence-electron chi connectivity index (χ1n) is 7.60. The van der Waals surface area contributed by atoms with E-state index in [0.29, 0.717) is 16.9 Å². The summed E-state index contributed by atoms with van der Waals surface area (Å²) in [6.07, 6.45) is 1.24. The van der Waals surface area contributed by atoms with Crippen molar-refractivity contribution >= 4 is 17.3 Å². The van der Waals surface area contributed by atoms with Crippen molar-refractivity contribution in [3.8, 4) is 17.1 Å². The zero-order chi connectivity index (χ0) is 17.6. The quantitative estimate of drug-likeness (QED) is 0.541. The van der Waals surface area contributed by atoms with Crippen LogP contribution in [0.25, 0.3) is 11.3 Å². The Morgan fingerprint density at radius 1 is 0.920 bits per heavy atom. The van der Waals surface area contributed by atoms with Gasteiger partial charge in [0.2, 0.25) is 11.6 Å². The molecule has 1 heterocycles. The van der Waals surface area contributed by atoms with Gasteiger partial charge in [-0.3, -0.25) is 14.4 Å². The number of ketones is 3. The highest BCUT2D eigenvalue weighted by Gasteiger charge is 2.36. The van der Waals surface area contributed by atoms with E-state index >= 15 is 0 Å². The molecule has 2 aromatic carbocycles. The molecule has 0 bridgehead atoms.